The number of fused-ring (bicyclic) bond motifs is 1. The second-order valence-corrected chi connectivity index (χ2v) is 9.88. The van der Waals surface area contributed by atoms with Crippen LogP contribution in [0.25, 0.3) is 20.8 Å². The van der Waals surface area contributed by atoms with E-state index in [9.17, 15) is 22.4 Å². The van der Waals surface area contributed by atoms with Gasteiger partial charge in [0.15, 0.2) is 11.6 Å². The minimum absolute atomic E-state index is 0.000260. The van der Waals surface area contributed by atoms with E-state index in [2.05, 4.69) is 20.6 Å². The van der Waals surface area contributed by atoms with Gasteiger partial charge in [0, 0.05) is 42.4 Å². The third-order valence-electron chi connectivity index (χ3n) is 5.96. The maximum absolute atomic E-state index is 14.9. The van der Waals surface area contributed by atoms with Crippen LogP contribution in [0.3, 0.4) is 0 Å². The lowest BCUT2D eigenvalue weighted by Crippen LogP contribution is -2.39. The topological polar surface area (TPSA) is 81.1 Å². The van der Waals surface area contributed by atoms with Gasteiger partial charge in [-0.05, 0) is 37.3 Å². The zero-order valence-electron chi connectivity index (χ0n) is 21.1. The van der Waals surface area contributed by atoms with Crippen molar-refractivity contribution < 1.29 is 27.1 Å². The summed E-state index contributed by atoms with van der Waals surface area (Å²) in [6.07, 6.45) is -0.365. The molecule has 3 aromatic heterocycles. The second-order valence-electron chi connectivity index (χ2n) is 8.83. The van der Waals surface area contributed by atoms with E-state index in [0.29, 0.717) is 16.0 Å². The minimum atomic E-state index is -4.68. The number of carbonyl (C=O) groups excluding carboxylic acids is 1. The lowest BCUT2D eigenvalue weighted by Gasteiger charge is -2.22. The van der Waals surface area contributed by atoms with Crippen molar-refractivity contribution in [3.05, 3.63) is 85.2 Å². The van der Waals surface area contributed by atoms with Crippen molar-refractivity contribution in [2.45, 2.75) is 32.1 Å². The lowest BCUT2D eigenvalue weighted by atomic mass is 10.1. The number of amides is 1. The van der Waals surface area contributed by atoms with Crippen molar-refractivity contribution in [1.29, 1.82) is 0 Å². The lowest BCUT2D eigenvalue weighted by molar-refractivity contribution is -0.148. The quantitative estimate of drug-likeness (QED) is 0.180. The number of carbonyl (C=O) groups is 1. The number of ether oxygens (including phenoxy) is 1. The summed E-state index contributed by atoms with van der Waals surface area (Å²) in [5.41, 5.74) is 1.68. The highest BCUT2D eigenvalue weighted by molar-refractivity contribution is 7.22. The molecular weight excluding hydrogens is 546 g/mol. The molecule has 0 aliphatic rings. The van der Waals surface area contributed by atoms with Crippen LogP contribution in [0.4, 0.5) is 28.9 Å². The molecule has 1 amide bonds. The molecule has 0 fully saturated rings. The van der Waals surface area contributed by atoms with Gasteiger partial charge in [-0.2, -0.15) is 13.2 Å². The molecular formula is C28H23F4N5O2S. The summed E-state index contributed by atoms with van der Waals surface area (Å²) in [6.45, 7) is 2.80. The Balaban J connectivity index is 1.28. The standard InChI is InChI=1S/C28H23F4N5O2S/c1-2-37-15-21(34-16-37)24-13-20-27(40-24)23(10-11-33-20)39-22-9-8-18(12-19(22)29)36-26(38)14-25(28(30,31)32)35-17-6-4-3-5-7-17/h3-13,15-16,25,35H,2,14H2,1H3,(H,36,38). The van der Waals surface area contributed by atoms with E-state index in [1.54, 1.807) is 36.8 Å². The van der Waals surface area contributed by atoms with Crippen LogP contribution in [0.5, 0.6) is 11.5 Å². The van der Waals surface area contributed by atoms with Gasteiger partial charge in [0.2, 0.25) is 5.91 Å². The van der Waals surface area contributed by atoms with Gasteiger partial charge in [0.05, 0.1) is 33.5 Å². The molecule has 2 aromatic carbocycles. The molecule has 2 N–H and O–H groups in total. The van der Waals surface area contributed by atoms with Gasteiger partial charge in [0.25, 0.3) is 0 Å². The Morgan fingerprint density at radius 2 is 1.85 bits per heavy atom. The molecule has 206 valence electrons. The maximum Gasteiger partial charge on any atom is 0.409 e. The molecule has 0 saturated heterocycles. The molecule has 0 spiro atoms. The van der Waals surface area contributed by atoms with Crippen LogP contribution >= 0.6 is 11.3 Å². The summed E-state index contributed by atoms with van der Waals surface area (Å²) in [5.74, 6) is -1.45. The minimum Gasteiger partial charge on any atom is -0.453 e. The number of imidazole rings is 1. The van der Waals surface area contributed by atoms with Crippen LogP contribution in [-0.4, -0.2) is 32.7 Å². The maximum atomic E-state index is 14.9. The van der Waals surface area contributed by atoms with Gasteiger partial charge in [0.1, 0.15) is 11.8 Å². The molecule has 0 radical (unpaired) electrons. The van der Waals surface area contributed by atoms with E-state index in [-0.39, 0.29) is 17.1 Å². The highest BCUT2D eigenvalue weighted by atomic mass is 32.1. The number of halogens is 4. The van der Waals surface area contributed by atoms with Gasteiger partial charge < -0.3 is 19.9 Å². The number of nitrogens with one attached hydrogen (secondary N) is 2. The van der Waals surface area contributed by atoms with Crippen molar-refractivity contribution in [2.75, 3.05) is 10.6 Å². The summed E-state index contributed by atoms with van der Waals surface area (Å²) in [4.78, 5) is 22.1. The number of alkyl halides is 3. The first kappa shape index (κ1) is 27.1. The van der Waals surface area contributed by atoms with Crippen LogP contribution in [0.2, 0.25) is 0 Å². The van der Waals surface area contributed by atoms with Gasteiger partial charge in [-0.25, -0.2) is 9.37 Å². The van der Waals surface area contributed by atoms with Gasteiger partial charge in [-0.1, -0.05) is 18.2 Å². The highest BCUT2D eigenvalue weighted by Gasteiger charge is 2.41. The number of hydrogen-bond acceptors (Lipinski definition) is 6. The molecule has 5 rings (SSSR count). The Morgan fingerprint density at radius 3 is 2.55 bits per heavy atom. The van der Waals surface area contributed by atoms with Crippen molar-refractivity contribution in [2.24, 2.45) is 0 Å². The van der Waals surface area contributed by atoms with Gasteiger partial charge in [-0.3, -0.25) is 9.78 Å². The van der Waals surface area contributed by atoms with E-state index >= 15 is 0 Å². The number of anilines is 2. The number of nitrogens with zero attached hydrogens (tertiary/aromatic N) is 3. The number of thiophene rings is 1. The average molecular weight is 570 g/mol. The third kappa shape index (κ3) is 6.23. The number of pyridine rings is 1. The Kier molecular flexibility index (Phi) is 7.69. The molecule has 3 heterocycles. The predicted molar refractivity (Wildman–Crippen MR) is 146 cm³/mol. The zero-order valence-corrected chi connectivity index (χ0v) is 21.9. The molecule has 12 heteroatoms. The molecule has 0 aliphatic heterocycles. The summed E-state index contributed by atoms with van der Waals surface area (Å²) in [7, 11) is 0. The van der Waals surface area contributed by atoms with E-state index in [1.807, 2.05) is 23.8 Å². The van der Waals surface area contributed by atoms with E-state index < -0.39 is 30.4 Å². The Bertz CT molecular complexity index is 1640. The predicted octanol–water partition coefficient (Wildman–Crippen LogP) is 7.48. The summed E-state index contributed by atoms with van der Waals surface area (Å²) in [6, 6.07) is 12.8. The molecule has 0 bridgehead atoms. The van der Waals surface area contributed by atoms with E-state index in [0.717, 1.165) is 23.2 Å². The van der Waals surface area contributed by atoms with Crippen LogP contribution in [0, 0.1) is 5.82 Å². The average Bonchev–Trinajstić information content (AvgIpc) is 3.58. The third-order valence-corrected chi connectivity index (χ3v) is 7.12. The van der Waals surface area contributed by atoms with E-state index in [4.69, 9.17) is 4.74 Å². The fourth-order valence-electron chi connectivity index (χ4n) is 3.94. The highest BCUT2D eigenvalue weighted by Crippen LogP contribution is 2.39. The fraction of sp³-hybridized carbons (Fsp3) is 0.179. The summed E-state index contributed by atoms with van der Waals surface area (Å²) >= 11 is 1.40. The van der Waals surface area contributed by atoms with Crippen molar-refractivity contribution in [3.8, 4) is 22.1 Å². The SMILES string of the molecule is CCn1cnc(-c2cc3nccc(Oc4ccc(NC(=O)CC(Nc5ccccc5)C(F)(F)F)cc4F)c3s2)c1. The number of rotatable bonds is 9. The van der Waals surface area contributed by atoms with Crippen LogP contribution in [0.1, 0.15) is 13.3 Å². The Labute approximate surface area is 230 Å². The number of aromatic nitrogens is 3. The van der Waals surface area contributed by atoms with Crippen LogP contribution < -0.4 is 15.4 Å². The van der Waals surface area contributed by atoms with Gasteiger partial charge >= 0.3 is 6.18 Å². The number of hydrogen-bond donors (Lipinski definition) is 2. The largest absolute Gasteiger partial charge is 0.453 e. The normalized spacial score (nSPS) is 12.3. The van der Waals surface area contributed by atoms with Crippen molar-refractivity contribution in [1.82, 2.24) is 14.5 Å². The first-order valence-corrected chi connectivity index (χ1v) is 13.1. The molecule has 5 aromatic rings. The molecule has 0 saturated carbocycles. The van der Waals surface area contributed by atoms with Crippen LogP contribution in [0.15, 0.2) is 79.4 Å². The van der Waals surface area contributed by atoms with Crippen LogP contribution in [-0.2, 0) is 11.3 Å². The number of benzene rings is 2. The van der Waals surface area contributed by atoms with Crippen molar-refractivity contribution in [3.63, 3.8) is 0 Å². The van der Waals surface area contributed by atoms with E-state index in [1.165, 1.54) is 35.6 Å². The summed E-state index contributed by atoms with van der Waals surface area (Å²) in [5, 5.41) is 4.65. The molecule has 1 atom stereocenters. The smallest absolute Gasteiger partial charge is 0.409 e. The van der Waals surface area contributed by atoms with Gasteiger partial charge in [-0.15, -0.1) is 11.3 Å². The van der Waals surface area contributed by atoms with Crippen molar-refractivity contribution >= 4 is 38.8 Å². The fourth-order valence-corrected chi connectivity index (χ4v) is 4.97. The molecule has 40 heavy (non-hydrogen) atoms. The monoisotopic (exact) mass is 569 g/mol. The number of para-hydroxylation sites is 1. The summed E-state index contributed by atoms with van der Waals surface area (Å²) < 4.78 is 64.0. The molecule has 0 aliphatic carbocycles. The first-order valence-electron chi connectivity index (χ1n) is 12.3. The first-order chi connectivity index (χ1) is 19.2. The number of aryl methyl sites for hydroxylation is 1. The molecule has 1 unspecified atom stereocenters. The molecule has 7 nitrogen and oxygen atoms in total. The Hall–Kier alpha value is -4.45. The zero-order chi connectivity index (χ0) is 28.3. The second kappa shape index (κ2) is 11.3. The Morgan fingerprint density at radius 1 is 1.05 bits per heavy atom.